The van der Waals surface area contributed by atoms with E-state index in [0.29, 0.717) is 12.3 Å². The van der Waals surface area contributed by atoms with Gasteiger partial charge in [-0.05, 0) is 37.4 Å². The zero-order chi connectivity index (χ0) is 15.8. The highest BCUT2D eigenvalue weighted by Gasteiger charge is 2.15. The number of carbonyl (C=O) groups excluding carboxylic acids is 1. The Morgan fingerprint density at radius 1 is 1.23 bits per heavy atom. The maximum absolute atomic E-state index is 12.0. The molecule has 22 heavy (non-hydrogen) atoms. The van der Waals surface area contributed by atoms with Gasteiger partial charge in [0, 0.05) is 25.6 Å². The predicted octanol–water partition coefficient (Wildman–Crippen LogP) is 2.31. The number of amides is 1. The summed E-state index contributed by atoms with van der Waals surface area (Å²) in [5, 5.41) is 3.03. The highest BCUT2D eigenvalue weighted by molar-refractivity contribution is 5.76. The highest BCUT2D eigenvalue weighted by atomic mass is 16.1. The molecule has 1 aromatic carbocycles. The summed E-state index contributed by atoms with van der Waals surface area (Å²) in [7, 11) is 0. The molecule has 0 bridgehead atoms. The lowest BCUT2D eigenvalue weighted by molar-refractivity contribution is -0.121. The topological polar surface area (TPSA) is 58.4 Å². The molecule has 2 atom stereocenters. The number of carbonyl (C=O) groups is 1. The van der Waals surface area contributed by atoms with Gasteiger partial charge in [-0.25, -0.2) is 0 Å². The van der Waals surface area contributed by atoms with Gasteiger partial charge in [0.15, 0.2) is 0 Å². The van der Waals surface area contributed by atoms with Crippen LogP contribution >= 0.6 is 0 Å². The summed E-state index contributed by atoms with van der Waals surface area (Å²) in [5.41, 5.74) is 7.10. The second kappa shape index (κ2) is 8.91. The molecule has 1 fully saturated rings. The normalized spacial score (nSPS) is 18.6. The first kappa shape index (κ1) is 17.0. The summed E-state index contributed by atoms with van der Waals surface area (Å²) in [6, 6.07) is 9.58. The SMILES string of the molecule is CC(CNC(=O)CC(N)c1ccccc1)CN1CCCCC1. The lowest BCUT2D eigenvalue weighted by atomic mass is 10.0. The van der Waals surface area contributed by atoms with Crippen LogP contribution in [0, 0.1) is 5.92 Å². The molecule has 3 N–H and O–H groups in total. The van der Waals surface area contributed by atoms with Crippen LogP contribution in [0.25, 0.3) is 0 Å². The number of hydrogen-bond donors (Lipinski definition) is 2. The van der Waals surface area contributed by atoms with Gasteiger partial charge in [0.1, 0.15) is 0 Å². The smallest absolute Gasteiger partial charge is 0.221 e. The fraction of sp³-hybridized carbons (Fsp3) is 0.611. The van der Waals surface area contributed by atoms with E-state index in [0.717, 1.165) is 18.7 Å². The first-order valence-corrected chi connectivity index (χ1v) is 8.44. The molecule has 1 aliphatic heterocycles. The van der Waals surface area contributed by atoms with Crippen LogP contribution < -0.4 is 11.1 Å². The monoisotopic (exact) mass is 303 g/mol. The molecule has 0 aromatic heterocycles. The summed E-state index contributed by atoms with van der Waals surface area (Å²) < 4.78 is 0. The van der Waals surface area contributed by atoms with Crippen LogP contribution in [0.5, 0.6) is 0 Å². The standard InChI is InChI=1S/C18H29N3O/c1-15(14-21-10-6-3-7-11-21)13-20-18(22)12-17(19)16-8-4-2-5-9-16/h2,4-5,8-9,15,17H,3,6-7,10-14,19H2,1H3,(H,20,22). The summed E-state index contributed by atoms with van der Waals surface area (Å²) in [4.78, 5) is 14.5. The molecule has 1 aliphatic rings. The van der Waals surface area contributed by atoms with E-state index in [-0.39, 0.29) is 11.9 Å². The fourth-order valence-electron chi connectivity index (χ4n) is 3.03. The van der Waals surface area contributed by atoms with Crippen molar-refractivity contribution in [1.29, 1.82) is 0 Å². The number of piperidine rings is 1. The van der Waals surface area contributed by atoms with Crippen LogP contribution in [0.4, 0.5) is 0 Å². The van der Waals surface area contributed by atoms with Gasteiger partial charge >= 0.3 is 0 Å². The van der Waals surface area contributed by atoms with E-state index >= 15 is 0 Å². The maximum atomic E-state index is 12.0. The lowest BCUT2D eigenvalue weighted by Crippen LogP contribution is -2.38. The van der Waals surface area contributed by atoms with Crippen molar-refractivity contribution < 1.29 is 4.79 Å². The Kier molecular flexibility index (Phi) is 6.87. The van der Waals surface area contributed by atoms with Crippen molar-refractivity contribution in [2.45, 2.75) is 38.6 Å². The van der Waals surface area contributed by atoms with Crippen molar-refractivity contribution in [2.75, 3.05) is 26.2 Å². The third kappa shape index (κ3) is 5.78. The Labute approximate surface area is 134 Å². The quantitative estimate of drug-likeness (QED) is 0.812. The van der Waals surface area contributed by atoms with Crippen LogP contribution in [0.1, 0.15) is 44.2 Å². The molecule has 0 spiro atoms. The molecular weight excluding hydrogens is 274 g/mol. The van der Waals surface area contributed by atoms with E-state index in [1.807, 2.05) is 30.3 Å². The Morgan fingerprint density at radius 2 is 1.91 bits per heavy atom. The van der Waals surface area contributed by atoms with E-state index in [4.69, 9.17) is 5.73 Å². The van der Waals surface area contributed by atoms with Crippen molar-refractivity contribution >= 4 is 5.91 Å². The van der Waals surface area contributed by atoms with Gasteiger partial charge in [0.05, 0.1) is 0 Å². The molecule has 2 unspecified atom stereocenters. The minimum Gasteiger partial charge on any atom is -0.356 e. The molecule has 122 valence electrons. The minimum absolute atomic E-state index is 0.0434. The number of nitrogens with zero attached hydrogens (tertiary/aromatic N) is 1. The Morgan fingerprint density at radius 3 is 2.59 bits per heavy atom. The number of nitrogens with one attached hydrogen (secondary N) is 1. The van der Waals surface area contributed by atoms with Gasteiger partial charge in [-0.3, -0.25) is 4.79 Å². The first-order valence-electron chi connectivity index (χ1n) is 8.44. The summed E-state index contributed by atoms with van der Waals surface area (Å²) in [6.07, 6.45) is 4.33. The second-order valence-corrected chi connectivity index (χ2v) is 6.49. The fourth-order valence-corrected chi connectivity index (χ4v) is 3.03. The molecule has 2 rings (SSSR count). The summed E-state index contributed by atoms with van der Waals surface area (Å²) >= 11 is 0. The van der Waals surface area contributed by atoms with E-state index in [1.165, 1.54) is 32.4 Å². The molecule has 1 amide bonds. The molecule has 0 aliphatic carbocycles. The number of nitrogens with two attached hydrogens (primary N) is 1. The molecule has 1 saturated heterocycles. The van der Waals surface area contributed by atoms with Gasteiger partial charge in [-0.2, -0.15) is 0 Å². The van der Waals surface area contributed by atoms with E-state index < -0.39 is 0 Å². The zero-order valence-electron chi connectivity index (χ0n) is 13.6. The number of rotatable bonds is 7. The molecule has 0 radical (unpaired) electrons. The van der Waals surface area contributed by atoms with Crippen LogP contribution in [0.3, 0.4) is 0 Å². The van der Waals surface area contributed by atoms with Gasteiger partial charge in [0.25, 0.3) is 0 Å². The number of likely N-dealkylation sites (tertiary alicyclic amines) is 1. The molecule has 1 aromatic rings. The lowest BCUT2D eigenvalue weighted by Gasteiger charge is -2.29. The summed E-state index contributed by atoms with van der Waals surface area (Å²) in [6.45, 7) is 6.42. The molecule has 4 nitrogen and oxygen atoms in total. The van der Waals surface area contributed by atoms with Crippen molar-refractivity contribution in [3.63, 3.8) is 0 Å². The molecule has 1 heterocycles. The van der Waals surface area contributed by atoms with E-state index in [9.17, 15) is 4.79 Å². The van der Waals surface area contributed by atoms with Crippen molar-refractivity contribution in [3.8, 4) is 0 Å². The Bertz CT molecular complexity index is 443. The van der Waals surface area contributed by atoms with Crippen molar-refractivity contribution in [1.82, 2.24) is 10.2 Å². The van der Waals surface area contributed by atoms with Crippen molar-refractivity contribution in [2.24, 2.45) is 11.7 Å². The third-order valence-electron chi connectivity index (χ3n) is 4.30. The summed E-state index contributed by atoms with van der Waals surface area (Å²) in [5.74, 6) is 0.525. The third-order valence-corrected chi connectivity index (χ3v) is 4.30. The Hall–Kier alpha value is -1.39. The van der Waals surface area contributed by atoms with Gasteiger partial charge in [-0.1, -0.05) is 43.7 Å². The van der Waals surface area contributed by atoms with E-state index in [2.05, 4.69) is 17.1 Å². The van der Waals surface area contributed by atoms with Crippen LogP contribution in [0.15, 0.2) is 30.3 Å². The van der Waals surface area contributed by atoms with Gasteiger partial charge < -0.3 is 16.0 Å². The average Bonchev–Trinajstić information content (AvgIpc) is 2.55. The average molecular weight is 303 g/mol. The highest BCUT2D eigenvalue weighted by Crippen LogP contribution is 2.13. The predicted molar refractivity (Wildman–Crippen MR) is 90.5 cm³/mol. The van der Waals surface area contributed by atoms with Crippen LogP contribution in [-0.4, -0.2) is 37.0 Å². The second-order valence-electron chi connectivity index (χ2n) is 6.49. The van der Waals surface area contributed by atoms with Crippen molar-refractivity contribution in [3.05, 3.63) is 35.9 Å². The molecular formula is C18H29N3O. The zero-order valence-corrected chi connectivity index (χ0v) is 13.6. The number of benzene rings is 1. The van der Waals surface area contributed by atoms with Crippen LogP contribution in [-0.2, 0) is 4.79 Å². The first-order chi connectivity index (χ1) is 10.6. The molecule has 0 saturated carbocycles. The van der Waals surface area contributed by atoms with Gasteiger partial charge in [-0.15, -0.1) is 0 Å². The van der Waals surface area contributed by atoms with Crippen LogP contribution in [0.2, 0.25) is 0 Å². The minimum atomic E-state index is -0.224. The molecule has 4 heteroatoms. The Balaban J connectivity index is 1.66. The largest absolute Gasteiger partial charge is 0.356 e. The van der Waals surface area contributed by atoms with Gasteiger partial charge in [0.2, 0.25) is 5.91 Å². The van der Waals surface area contributed by atoms with E-state index in [1.54, 1.807) is 0 Å². The maximum Gasteiger partial charge on any atom is 0.221 e. The number of hydrogen-bond acceptors (Lipinski definition) is 3.